The maximum atomic E-state index is 12.8. The lowest BCUT2D eigenvalue weighted by atomic mass is 10.1. The summed E-state index contributed by atoms with van der Waals surface area (Å²) in [6.07, 6.45) is 3.51. The van der Waals surface area contributed by atoms with Crippen LogP contribution in [0.25, 0.3) is 0 Å². The second-order valence-corrected chi connectivity index (χ2v) is 7.18. The van der Waals surface area contributed by atoms with Crippen molar-refractivity contribution in [1.29, 1.82) is 0 Å². The Morgan fingerprint density at radius 2 is 2.00 bits per heavy atom. The van der Waals surface area contributed by atoms with Gasteiger partial charge in [0.1, 0.15) is 6.04 Å². The summed E-state index contributed by atoms with van der Waals surface area (Å²) in [6, 6.07) is 4.51. The molecule has 1 aromatic carbocycles. The molecule has 1 unspecified atom stereocenters. The molecule has 2 aliphatic heterocycles. The molecular weight excluding hydrogens is 385 g/mol. The van der Waals surface area contributed by atoms with Gasteiger partial charge in [-0.05, 0) is 50.4 Å². The molecule has 0 aromatic heterocycles. The molecule has 0 saturated carbocycles. The molecule has 1 aromatic rings. The van der Waals surface area contributed by atoms with Crippen molar-refractivity contribution in [1.82, 2.24) is 15.5 Å². The van der Waals surface area contributed by atoms with Crippen LogP contribution < -0.4 is 10.6 Å². The molecule has 2 amide bonds. The molecular formula is C17H22Cl3N3O2. The van der Waals surface area contributed by atoms with E-state index in [1.807, 2.05) is 0 Å². The molecule has 2 aliphatic rings. The molecule has 0 bridgehead atoms. The van der Waals surface area contributed by atoms with Crippen LogP contribution >= 0.6 is 35.6 Å². The second kappa shape index (κ2) is 9.08. The van der Waals surface area contributed by atoms with E-state index in [9.17, 15) is 9.59 Å². The fourth-order valence-corrected chi connectivity index (χ4v) is 3.74. The summed E-state index contributed by atoms with van der Waals surface area (Å²) >= 11 is 12.1. The monoisotopic (exact) mass is 405 g/mol. The lowest BCUT2D eigenvalue weighted by molar-refractivity contribution is -0.125. The van der Waals surface area contributed by atoms with Gasteiger partial charge in [0.15, 0.2) is 0 Å². The van der Waals surface area contributed by atoms with Crippen molar-refractivity contribution in [3.63, 3.8) is 0 Å². The number of likely N-dealkylation sites (tertiary alicyclic amines) is 1. The molecule has 0 spiro atoms. The normalized spacial score (nSPS) is 23.0. The fraction of sp³-hybridized carbons (Fsp3) is 0.529. The molecule has 138 valence electrons. The average molecular weight is 407 g/mol. The lowest BCUT2D eigenvalue weighted by Gasteiger charge is -2.29. The van der Waals surface area contributed by atoms with Crippen LogP contribution in [-0.2, 0) is 4.79 Å². The Kier molecular flexibility index (Phi) is 7.37. The average Bonchev–Trinajstić information content (AvgIpc) is 3.07. The van der Waals surface area contributed by atoms with Crippen molar-refractivity contribution < 1.29 is 9.59 Å². The van der Waals surface area contributed by atoms with Crippen molar-refractivity contribution in [2.24, 2.45) is 0 Å². The van der Waals surface area contributed by atoms with E-state index in [0.29, 0.717) is 28.6 Å². The Hall–Kier alpha value is -1.01. The predicted molar refractivity (Wildman–Crippen MR) is 102 cm³/mol. The van der Waals surface area contributed by atoms with Crippen LogP contribution in [-0.4, -0.2) is 48.4 Å². The molecule has 2 N–H and O–H groups in total. The van der Waals surface area contributed by atoms with Crippen molar-refractivity contribution in [3.05, 3.63) is 33.8 Å². The largest absolute Gasteiger partial charge is 0.350 e. The number of nitrogens with zero attached hydrogens (tertiary/aromatic N) is 1. The van der Waals surface area contributed by atoms with Gasteiger partial charge in [0.25, 0.3) is 5.91 Å². The summed E-state index contributed by atoms with van der Waals surface area (Å²) in [4.78, 5) is 27.1. The van der Waals surface area contributed by atoms with Crippen molar-refractivity contribution in [2.75, 3.05) is 19.6 Å². The van der Waals surface area contributed by atoms with Gasteiger partial charge in [-0.25, -0.2) is 0 Å². The highest BCUT2D eigenvalue weighted by Gasteiger charge is 2.36. The highest BCUT2D eigenvalue weighted by Crippen LogP contribution is 2.26. The van der Waals surface area contributed by atoms with E-state index in [-0.39, 0.29) is 30.3 Å². The van der Waals surface area contributed by atoms with Crippen molar-refractivity contribution in [3.8, 4) is 0 Å². The molecule has 2 fully saturated rings. The minimum absolute atomic E-state index is 0. The van der Waals surface area contributed by atoms with Gasteiger partial charge in [0.05, 0.1) is 10.6 Å². The van der Waals surface area contributed by atoms with Crippen molar-refractivity contribution >= 4 is 47.4 Å². The van der Waals surface area contributed by atoms with Gasteiger partial charge in [0, 0.05) is 24.2 Å². The second-order valence-electron chi connectivity index (χ2n) is 6.33. The molecule has 2 heterocycles. The van der Waals surface area contributed by atoms with Gasteiger partial charge in [-0.1, -0.05) is 23.2 Å². The SMILES string of the molecule is Cl.O=C(N[C@H]1CCCNC1)C1CCCN1C(=O)c1cc(Cl)ccc1Cl. The number of halogens is 3. The lowest BCUT2D eigenvalue weighted by Crippen LogP contribution is -2.52. The quantitative estimate of drug-likeness (QED) is 0.811. The number of benzene rings is 1. The minimum atomic E-state index is -0.436. The van der Waals surface area contributed by atoms with Gasteiger partial charge >= 0.3 is 0 Å². The Morgan fingerprint density at radius 1 is 1.20 bits per heavy atom. The van der Waals surface area contributed by atoms with E-state index >= 15 is 0 Å². The van der Waals surface area contributed by atoms with Crippen LogP contribution in [0, 0.1) is 0 Å². The molecule has 3 rings (SSSR count). The zero-order chi connectivity index (χ0) is 17.1. The first-order valence-electron chi connectivity index (χ1n) is 8.33. The predicted octanol–water partition coefficient (Wildman–Crippen LogP) is 2.89. The first-order chi connectivity index (χ1) is 11.6. The van der Waals surface area contributed by atoms with Gasteiger partial charge in [-0.3, -0.25) is 9.59 Å². The number of nitrogens with one attached hydrogen (secondary N) is 2. The van der Waals surface area contributed by atoms with E-state index in [0.717, 1.165) is 32.4 Å². The summed E-state index contributed by atoms with van der Waals surface area (Å²) in [6.45, 7) is 2.34. The summed E-state index contributed by atoms with van der Waals surface area (Å²) in [5.74, 6) is -0.311. The highest BCUT2D eigenvalue weighted by atomic mass is 35.5. The van der Waals surface area contributed by atoms with Crippen LogP contribution in [0.15, 0.2) is 18.2 Å². The first kappa shape index (κ1) is 20.3. The topological polar surface area (TPSA) is 61.4 Å². The molecule has 5 nitrogen and oxygen atoms in total. The van der Waals surface area contributed by atoms with Crippen LogP contribution in [0.2, 0.25) is 10.0 Å². The molecule has 0 aliphatic carbocycles. The number of hydrogen-bond donors (Lipinski definition) is 2. The fourth-order valence-electron chi connectivity index (χ4n) is 3.37. The number of piperidine rings is 1. The maximum Gasteiger partial charge on any atom is 0.256 e. The van der Waals surface area contributed by atoms with E-state index in [2.05, 4.69) is 10.6 Å². The Bertz CT molecular complexity index is 636. The van der Waals surface area contributed by atoms with E-state index in [1.54, 1.807) is 23.1 Å². The highest BCUT2D eigenvalue weighted by molar-refractivity contribution is 6.35. The summed E-state index contributed by atoms with van der Waals surface area (Å²) in [7, 11) is 0. The Balaban J connectivity index is 0.00000225. The Morgan fingerprint density at radius 3 is 2.72 bits per heavy atom. The summed E-state index contributed by atoms with van der Waals surface area (Å²) in [5.41, 5.74) is 0.350. The smallest absolute Gasteiger partial charge is 0.256 e. The van der Waals surface area contributed by atoms with E-state index in [1.165, 1.54) is 0 Å². The number of carbonyl (C=O) groups excluding carboxylic acids is 2. The Labute approximate surface area is 163 Å². The van der Waals surface area contributed by atoms with Crippen LogP contribution in [0.5, 0.6) is 0 Å². The molecule has 2 atom stereocenters. The van der Waals surface area contributed by atoms with Crippen LogP contribution in [0.4, 0.5) is 0 Å². The zero-order valence-corrected chi connectivity index (χ0v) is 16.1. The van der Waals surface area contributed by atoms with Gasteiger partial charge in [-0.15, -0.1) is 12.4 Å². The van der Waals surface area contributed by atoms with E-state index < -0.39 is 6.04 Å². The van der Waals surface area contributed by atoms with Crippen LogP contribution in [0.3, 0.4) is 0 Å². The van der Waals surface area contributed by atoms with Crippen LogP contribution in [0.1, 0.15) is 36.0 Å². The standard InChI is InChI=1S/C17H21Cl2N3O2.ClH/c18-11-5-6-14(19)13(9-11)17(24)22-8-2-4-15(22)16(23)21-12-3-1-7-20-10-12;/h5-6,9,12,15,20H,1-4,7-8,10H2,(H,21,23);1H/t12-,15?;/m0./s1. The number of amides is 2. The summed E-state index contributed by atoms with van der Waals surface area (Å²) in [5, 5.41) is 7.15. The van der Waals surface area contributed by atoms with E-state index in [4.69, 9.17) is 23.2 Å². The third kappa shape index (κ3) is 4.79. The molecule has 0 radical (unpaired) electrons. The van der Waals surface area contributed by atoms with Crippen molar-refractivity contribution in [2.45, 2.75) is 37.8 Å². The molecule has 2 saturated heterocycles. The number of hydrogen-bond acceptors (Lipinski definition) is 3. The molecule has 25 heavy (non-hydrogen) atoms. The minimum Gasteiger partial charge on any atom is -0.350 e. The van der Waals surface area contributed by atoms with Gasteiger partial charge in [-0.2, -0.15) is 0 Å². The van der Waals surface area contributed by atoms with Gasteiger partial charge in [0.2, 0.25) is 5.91 Å². The summed E-state index contributed by atoms with van der Waals surface area (Å²) < 4.78 is 0. The first-order valence-corrected chi connectivity index (χ1v) is 9.09. The zero-order valence-electron chi connectivity index (χ0n) is 13.8. The maximum absolute atomic E-state index is 12.8. The number of rotatable bonds is 3. The van der Waals surface area contributed by atoms with Gasteiger partial charge < -0.3 is 15.5 Å². The third-order valence-electron chi connectivity index (χ3n) is 4.62. The third-order valence-corrected chi connectivity index (χ3v) is 5.18. The molecule has 8 heteroatoms. The number of carbonyl (C=O) groups is 2.